The number of hydrogen-bond acceptors (Lipinski definition) is 5. The van der Waals surface area contributed by atoms with Crippen LogP contribution in [0.2, 0.25) is 0 Å². The second-order valence-corrected chi connectivity index (χ2v) is 12.0. The molecule has 0 radical (unpaired) electrons. The molecule has 1 aromatic carbocycles. The molecule has 210 valence electrons. The SMILES string of the molecule is CCCCCCN1CC[C@H]2CC(=O)N(CCc3ccc(OC)cc3)C[C@H](O)C(C)(C)COCCC[C@H]2C1. The minimum absolute atomic E-state index is 0.190. The van der Waals surface area contributed by atoms with Gasteiger partial charge in [0.15, 0.2) is 0 Å². The summed E-state index contributed by atoms with van der Waals surface area (Å²) in [7, 11) is 1.67. The van der Waals surface area contributed by atoms with Gasteiger partial charge in [-0.2, -0.15) is 0 Å². The first kappa shape index (κ1) is 29.9. The zero-order valence-corrected chi connectivity index (χ0v) is 23.9. The van der Waals surface area contributed by atoms with Crippen molar-refractivity contribution in [1.29, 1.82) is 0 Å². The third-order valence-corrected chi connectivity index (χ3v) is 8.56. The van der Waals surface area contributed by atoms with Gasteiger partial charge in [-0.1, -0.05) is 52.2 Å². The number of aliphatic hydroxyl groups is 1. The number of carbonyl (C=O) groups excluding carboxylic acids is 1. The van der Waals surface area contributed by atoms with Crippen LogP contribution in [0.25, 0.3) is 0 Å². The van der Waals surface area contributed by atoms with Gasteiger partial charge in [-0.05, 0) is 74.7 Å². The van der Waals surface area contributed by atoms with Crippen molar-refractivity contribution in [3.63, 3.8) is 0 Å². The van der Waals surface area contributed by atoms with Crippen LogP contribution >= 0.6 is 0 Å². The second-order valence-electron chi connectivity index (χ2n) is 12.0. The highest BCUT2D eigenvalue weighted by Gasteiger charge is 2.35. The lowest BCUT2D eigenvalue weighted by molar-refractivity contribution is -0.136. The maximum atomic E-state index is 13.7. The van der Waals surface area contributed by atoms with Crippen LogP contribution in [0.1, 0.15) is 77.7 Å². The molecule has 2 aliphatic rings. The van der Waals surface area contributed by atoms with Crippen molar-refractivity contribution >= 4 is 5.91 Å². The van der Waals surface area contributed by atoms with Gasteiger partial charge in [0.1, 0.15) is 5.75 Å². The fraction of sp³-hybridized carbons (Fsp3) is 0.774. The fourth-order valence-corrected chi connectivity index (χ4v) is 5.78. The van der Waals surface area contributed by atoms with E-state index in [4.69, 9.17) is 9.47 Å². The maximum absolute atomic E-state index is 13.7. The van der Waals surface area contributed by atoms with Gasteiger partial charge in [0.2, 0.25) is 5.91 Å². The summed E-state index contributed by atoms with van der Waals surface area (Å²) in [6.07, 6.45) is 9.12. The van der Waals surface area contributed by atoms with Crippen LogP contribution in [0.15, 0.2) is 24.3 Å². The summed E-state index contributed by atoms with van der Waals surface area (Å²) >= 11 is 0. The maximum Gasteiger partial charge on any atom is 0.222 e. The second kappa shape index (κ2) is 15.1. The van der Waals surface area contributed by atoms with E-state index in [1.807, 2.05) is 30.9 Å². The summed E-state index contributed by atoms with van der Waals surface area (Å²) in [4.78, 5) is 18.3. The molecule has 2 aliphatic heterocycles. The van der Waals surface area contributed by atoms with Crippen molar-refractivity contribution in [2.45, 2.75) is 84.7 Å². The molecule has 1 N–H and O–H groups in total. The number of fused-ring (bicyclic) bond motifs is 1. The number of carbonyl (C=O) groups is 1. The molecule has 3 rings (SSSR count). The molecule has 1 aromatic rings. The van der Waals surface area contributed by atoms with Crippen molar-refractivity contribution in [3.05, 3.63) is 29.8 Å². The number of methoxy groups -OCH3 is 1. The number of hydrogen-bond donors (Lipinski definition) is 1. The first-order valence-corrected chi connectivity index (χ1v) is 14.7. The van der Waals surface area contributed by atoms with Crippen molar-refractivity contribution < 1.29 is 19.4 Å². The number of β-amino-alcohol motifs (C(OH)–C–C–N with tert-alkyl or cyclic N) is 1. The Kier molecular flexibility index (Phi) is 12.2. The van der Waals surface area contributed by atoms with Crippen molar-refractivity contribution in [2.24, 2.45) is 17.3 Å². The summed E-state index contributed by atoms with van der Waals surface area (Å²) in [6.45, 7) is 11.9. The summed E-state index contributed by atoms with van der Waals surface area (Å²) in [6, 6.07) is 8.05. The van der Waals surface area contributed by atoms with Gasteiger partial charge in [0.25, 0.3) is 0 Å². The zero-order chi connectivity index (χ0) is 26.7. The average Bonchev–Trinajstić information content (AvgIpc) is 2.90. The van der Waals surface area contributed by atoms with Crippen LogP contribution in [0.5, 0.6) is 5.75 Å². The third kappa shape index (κ3) is 9.56. The van der Waals surface area contributed by atoms with E-state index >= 15 is 0 Å². The van der Waals surface area contributed by atoms with Gasteiger partial charge in [-0.15, -0.1) is 0 Å². The number of benzene rings is 1. The van der Waals surface area contributed by atoms with E-state index in [-0.39, 0.29) is 5.91 Å². The smallest absolute Gasteiger partial charge is 0.222 e. The Morgan fingerprint density at radius 2 is 1.84 bits per heavy atom. The molecule has 2 fully saturated rings. The molecule has 3 atom stereocenters. The first-order chi connectivity index (χ1) is 17.8. The average molecular weight is 517 g/mol. The standard InChI is InChI=1S/C31H52N2O4/c1-5-6-7-8-17-32-18-16-26-21-30(35)33(19-15-25-11-13-28(36-4)14-12-25)23-29(34)31(2,3)24-37-20-9-10-27(26)22-32/h11-14,26-27,29,34H,5-10,15-24H2,1-4H3/t26-,27-,29-/m0/s1. The largest absolute Gasteiger partial charge is 0.497 e. The van der Waals surface area contributed by atoms with E-state index in [0.29, 0.717) is 38.0 Å². The van der Waals surface area contributed by atoms with E-state index in [1.54, 1.807) is 7.11 Å². The van der Waals surface area contributed by atoms with E-state index in [1.165, 1.54) is 37.8 Å². The Labute approximate surface area is 225 Å². The highest BCUT2D eigenvalue weighted by Crippen LogP contribution is 2.32. The predicted molar refractivity (Wildman–Crippen MR) is 150 cm³/mol. The minimum atomic E-state index is -0.631. The molecule has 0 bridgehead atoms. The van der Waals surface area contributed by atoms with Crippen LogP contribution in [0, 0.1) is 17.3 Å². The zero-order valence-electron chi connectivity index (χ0n) is 23.9. The van der Waals surface area contributed by atoms with Crippen molar-refractivity contribution in [1.82, 2.24) is 9.80 Å². The number of ether oxygens (including phenoxy) is 2. The molecular weight excluding hydrogens is 464 g/mol. The molecule has 0 saturated carbocycles. The highest BCUT2D eigenvalue weighted by atomic mass is 16.5. The molecule has 6 nitrogen and oxygen atoms in total. The molecule has 2 saturated heterocycles. The Morgan fingerprint density at radius 1 is 1.05 bits per heavy atom. The quantitative estimate of drug-likeness (QED) is 0.459. The summed E-state index contributed by atoms with van der Waals surface area (Å²) in [5, 5.41) is 11.1. The minimum Gasteiger partial charge on any atom is -0.497 e. The van der Waals surface area contributed by atoms with E-state index < -0.39 is 11.5 Å². The molecule has 0 aromatic heterocycles. The molecular formula is C31H52N2O4. The van der Waals surface area contributed by atoms with Crippen LogP contribution in [-0.2, 0) is 16.0 Å². The van der Waals surface area contributed by atoms with Gasteiger partial charge in [-0.25, -0.2) is 0 Å². The number of likely N-dealkylation sites (tertiary alicyclic amines) is 1. The predicted octanol–water partition coefficient (Wildman–Crippen LogP) is 5.17. The van der Waals surface area contributed by atoms with Crippen molar-refractivity contribution in [2.75, 3.05) is 53.0 Å². The molecule has 0 unspecified atom stereocenters. The van der Waals surface area contributed by atoms with Crippen molar-refractivity contribution in [3.8, 4) is 5.75 Å². The van der Waals surface area contributed by atoms with E-state index in [0.717, 1.165) is 51.1 Å². The normalized spacial score (nSPS) is 26.0. The van der Waals surface area contributed by atoms with Crippen LogP contribution in [-0.4, -0.2) is 80.0 Å². The Morgan fingerprint density at radius 3 is 2.57 bits per heavy atom. The number of amides is 1. The van der Waals surface area contributed by atoms with E-state index in [9.17, 15) is 9.90 Å². The Balaban J connectivity index is 1.68. The van der Waals surface area contributed by atoms with Crippen LogP contribution < -0.4 is 4.74 Å². The Bertz CT molecular complexity index is 797. The van der Waals surface area contributed by atoms with Crippen LogP contribution in [0.3, 0.4) is 0 Å². The van der Waals surface area contributed by atoms with Gasteiger partial charge in [0.05, 0.1) is 19.8 Å². The van der Waals surface area contributed by atoms with E-state index in [2.05, 4.69) is 24.0 Å². The summed E-state index contributed by atoms with van der Waals surface area (Å²) < 4.78 is 11.3. The fourth-order valence-electron chi connectivity index (χ4n) is 5.78. The van der Waals surface area contributed by atoms with Crippen LogP contribution in [0.4, 0.5) is 0 Å². The third-order valence-electron chi connectivity index (χ3n) is 8.56. The van der Waals surface area contributed by atoms with Gasteiger partial charge >= 0.3 is 0 Å². The highest BCUT2D eigenvalue weighted by molar-refractivity contribution is 5.76. The summed E-state index contributed by atoms with van der Waals surface area (Å²) in [5.74, 6) is 1.97. The lowest BCUT2D eigenvalue weighted by Gasteiger charge is -2.39. The lowest BCUT2D eigenvalue weighted by Crippen LogP contribution is -2.47. The molecule has 0 aliphatic carbocycles. The molecule has 37 heavy (non-hydrogen) atoms. The number of piperidine rings is 1. The monoisotopic (exact) mass is 516 g/mol. The summed E-state index contributed by atoms with van der Waals surface area (Å²) in [5.41, 5.74) is 0.761. The van der Waals surface area contributed by atoms with Gasteiger partial charge in [0, 0.05) is 38.1 Å². The number of nitrogens with zero attached hydrogens (tertiary/aromatic N) is 2. The van der Waals surface area contributed by atoms with Gasteiger partial charge < -0.3 is 24.4 Å². The number of aliphatic hydroxyl groups excluding tert-OH is 1. The molecule has 0 spiro atoms. The topological polar surface area (TPSA) is 62.2 Å². The number of rotatable bonds is 9. The molecule has 6 heteroatoms. The van der Waals surface area contributed by atoms with Gasteiger partial charge in [-0.3, -0.25) is 4.79 Å². The lowest BCUT2D eigenvalue weighted by atomic mass is 9.80. The first-order valence-electron chi connectivity index (χ1n) is 14.7. The molecule has 1 amide bonds. The number of unbranched alkanes of at least 4 members (excludes halogenated alkanes) is 3. The molecule has 2 heterocycles. The Hall–Kier alpha value is -1.63.